The van der Waals surface area contributed by atoms with E-state index in [0.717, 1.165) is 48.6 Å². The fraction of sp³-hybridized carbons (Fsp3) is 0.517. The second-order valence-corrected chi connectivity index (χ2v) is 12.2. The van der Waals surface area contributed by atoms with Crippen LogP contribution in [-0.2, 0) is 26.2 Å². The Morgan fingerprint density at radius 1 is 1.08 bits per heavy atom. The number of hydrogen-bond acceptors (Lipinski definition) is 4. The fourth-order valence-corrected chi connectivity index (χ4v) is 6.06. The molecule has 0 unspecified atom stereocenters. The van der Waals surface area contributed by atoms with Gasteiger partial charge in [0.2, 0.25) is 21.8 Å². The summed E-state index contributed by atoms with van der Waals surface area (Å²) in [6.07, 6.45) is 6.00. The number of carbonyl (C=O) groups excluding carboxylic acids is 2. The molecule has 1 aliphatic carbocycles. The maximum absolute atomic E-state index is 13.5. The molecule has 1 N–H and O–H groups in total. The lowest BCUT2D eigenvalue weighted by molar-refractivity contribution is -0.141. The van der Waals surface area contributed by atoms with Crippen LogP contribution < -0.4 is 9.62 Å². The van der Waals surface area contributed by atoms with Crippen LogP contribution in [0.15, 0.2) is 42.5 Å². The summed E-state index contributed by atoms with van der Waals surface area (Å²) in [6.45, 7) is 5.95. The Labute approximate surface area is 226 Å². The van der Waals surface area contributed by atoms with Crippen molar-refractivity contribution in [3.05, 3.63) is 65.0 Å². The van der Waals surface area contributed by atoms with Gasteiger partial charge in [0, 0.05) is 25.6 Å². The van der Waals surface area contributed by atoms with Gasteiger partial charge in [-0.05, 0) is 74.4 Å². The van der Waals surface area contributed by atoms with Gasteiger partial charge in [0.1, 0.15) is 11.9 Å². The summed E-state index contributed by atoms with van der Waals surface area (Å²) < 4.78 is 40.1. The zero-order chi connectivity index (χ0) is 27.9. The highest BCUT2D eigenvalue weighted by atomic mass is 32.2. The predicted octanol–water partition coefficient (Wildman–Crippen LogP) is 4.85. The van der Waals surface area contributed by atoms with Crippen molar-refractivity contribution in [3.63, 3.8) is 0 Å². The van der Waals surface area contributed by atoms with Crippen LogP contribution in [0.4, 0.5) is 10.1 Å². The van der Waals surface area contributed by atoms with Gasteiger partial charge in [-0.3, -0.25) is 13.9 Å². The van der Waals surface area contributed by atoms with Gasteiger partial charge in [-0.1, -0.05) is 44.0 Å². The molecule has 2 aromatic carbocycles. The second-order valence-electron chi connectivity index (χ2n) is 10.3. The minimum atomic E-state index is -3.57. The first-order chi connectivity index (χ1) is 18.0. The number of halogens is 1. The highest BCUT2D eigenvalue weighted by molar-refractivity contribution is 7.92. The van der Waals surface area contributed by atoms with E-state index >= 15 is 0 Å². The van der Waals surface area contributed by atoms with E-state index < -0.39 is 16.1 Å². The SMILES string of the molecule is CC[C@@H](C(=O)NC1CCCC1)N(Cc1ccc(F)cc1)C(=O)CCCN(c1cc(C)ccc1C)S(C)(=O)=O. The monoisotopic (exact) mass is 545 g/mol. The maximum Gasteiger partial charge on any atom is 0.243 e. The number of carbonyl (C=O) groups is 2. The van der Waals surface area contributed by atoms with Crippen molar-refractivity contribution in [1.29, 1.82) is 0 Å². The van der Waals surface area contributed by atoms with Crippen LogP contribution in [0.25, 0.3) is 0 Å². The molecule has 1 aliphatic rings. The van der Waals surface area contributed by atoms with Crippen LogP contribution in [-0.4, -0.2) is 50.0 Å². The van der Waals surface area contributed by atoms with Gasteiger partial charge in [0.15, 0.2) is 0 Å². The lowest BCUT2D eigenvalue weighted by Crippen LogP contribution is -2.51. The molecule has 0 radical (unpaired) electrons. The molecule has 1 fully saturated rings. The van der Waals surface area contributed by atoms with Crippen LogP contribution in [0.3, 0.4) is 0 Å². The van der Waals surface area contributed by atoms with Crippen molar-refractivity contribution in [3.8, 4) is 0 Å². The van der Waals surface area contributed by atoms with Gasteiger partial charge < -0.3 is 10.2 Å². The summed E-state index contributed by atoms with van der Waals surface area (Å²) in [6, 6.07) is 11.0. The summed E-state index contributed by atoms with van der Waals surface area (Å²) in [5.74, 6) is -0.787. The van der Waals surface area contributed by atoms with E-state index in [1.54, 1.807) is 17.0 Å². The number of hydrogen-bond donors (Lipinski definition) is 1. The first-order valence-corrected chi connectivity index (χ1v) is 15.2. The Morgan fingerprint density at radius 2 is 1.74 bits per heavy atom. The van der Waals surface area contributed by atoms with E-state index in [1.807, 2.05) is 39.0 Å². The molecule has 2 amide bonds. The van der Waals surface area contributed by atoms with Crippen molar-refractivity contribution in [2.75, 3.05) is 17.1 Å². The van der Waals surface area contributed by atoms with E-state index in [2.05, 4.69) is 5.32 Å². The number of anilines is 1. The summed E-state index contributed by atoms with van der Waals surface area (Å²) >= 11 is 0. The van der Waals surface area contributed by atoms with Gasteiger partial charge in [0.25, 0.3) is 0 Å². The first kappa shape index (κ1) is 29.6. The molecule has 0 heterocycles. The molecular formula is C29H40FN3O4S. The second kappa shape index (κ2) is 13.2. The van der Waals surface area contributed by atoms with Crippen molar-refractivity contribution in [2.24, 2.45) is 0 Å². The Morgan fingerprint density at radius 3 is 2.34 bits per heavy atom. The molecule has 3 rings (SSSR count). The van der Waals surface area contributed by atoms with Crippen LogP contribution >= 0.6 is 0 Å². The Kier molecular flexibility index (Phi) is 10.3. The van der Waals surface area contributed by atoms with Crippen LogP contribution in [0.5, 0.6) is 0 Å². The number of sulfonamides is 1. The third-order valence-electron chi connectivity index (χ3n) is 7.14. The van der Waals surface area contributed by atoms with Gasteiger partial charge in [0.05, 0.1) is 11.9 Å². The lowest BCUT2D eigenvalue weighted by atomic mass is 10.1. The Bertz CT molecular complexity index is 1210. The maximum atomic E-state index is 13.5. The van der Waals surface area contributed by atoms with Gasteiger partial charge >= 0.3 is 0 Å². The number of benzene rings is 2. The minimum Gasteiger partial charge on any atom is -0.352 e. The molecule has 7 nitrogen and oxygen atoms in total. The molecule has 0 spiro atoms. The molecule has 9 heteroatoms. The summed E-state index contributed by atoms with van der Waals surface area (Å²) in [5, 5.41) is 3.11. The molecule has 2 aromatic rings. The highest BCUT2D eigenvalue weighted by Gasteiger charge is 2.31. The Balaban J connectivity index is 1.77. The van der Waals surface area contributed by atoms with E-state index in [0.29, 0.717) is 18.5 Å². The number of amides is 2. The molecular weight excluding hydrogens is 505 g/mol. The van der Waals surface area contributed by atoms with Gasteiger partial charge in [-0.15, -0.1) is 0 Å². The summed E-state index contributed by atoms with van der Waals surface area (Å²) in [4.78, 5) is 28.3. The fourth-order valence-electron chi connectivity index (χ4n) is 5.04. The van der Waals surface area contributed by atoms with Gasteiger partial charge in [-0.2, -0.15) is 0 Å². The quantitative estimate of drug-likeness (QED) is 0.413. The minimum absolute atomic E-state index is 0.0747. The largest absolute Gasteiger partial charge is 0.352 e. The zero-order valence-electron chi connectivity index (χ0n) is 22.9. The van der Waals surface area contributed by atoms with Crippen molar-refractivity contribution < 1.29 is 22.4 Å². The smallest absolute Gasteiger partial charge is 0.243 e. The third kappa shape index (κ3) is 8.03. The molecule has 1 atom stereocenters. The van der Waals surface area contributed by atoms with E-state index in [4.69, 9.17) is 0 Å². The highest BCUT2D eigenvalue weighted by Crippen LogP contribution is 2.25. The van der Waals surface area contributed by atoms with Gasteiger partial charge in [-0.25, -0.2) is 12.8 Å². The van der Waals surface area contributed by atoms with E-state index in [9.17, 15) is 22.4 Å². The first-order valence-electron chi connectivity index (χ1n) is 13.4. The molecule has 0 bridgehead atoms. The normalized spacial score (nSPS) is 14.8. The number of aryl methyl sites for hydroxylation is 2. The average Bonchev–Trinajstić information content (AvgIpc) is 3.36. The molecule has 0 aromatic heterocycles. The summed E-state index contributed by atoms with van der Waals surface area (Å²) in [7, 11) is -3.57. The van der Waals surface area contributed by atoms with Crippen molar-refractivity contribution in [2.45, 2.75) is 84.3 Å². The number of rotatable bonds is 12. The zero-order valence-corrected chi connectivity index (χ0v) is 23.7. The van der Waals surface area contributed by atoms with Crippen LogP contribution in [0, 0.1) is 19.7 Å². The summed E-state index contributed by atoms with van der Waals surface area (Å²) in [5.41, 5.74) is 3.10. The third-order valence-corrected chi connectivity index (χ3v) is 8.32. The lowest BCUT2D eigenvalue weighted by Gasteiger charge is -2.32. The number of nitrogens with zero attached hydrogens (tertiary/aromatic N) is 2. The van der Waals surface area contributed by atoms with Crippen LogP contribution in [0.1, 0.15) is 68.6 Å². The van der Waals surface area contributed by atoms with E-state index in [-0.39, 0.29) is 43.2 Å². The van der Waals surface area contributed by atoms with E-state index in [1.165, 1.54) is 16.4 Å². The molecule has 1 saturated carbocycles. The molecule has 38 heavy (non-hydrogen) atoms. The number of nitrogens with one attached hydrogen (secondary N) is 1. The topological polar surface area (TPSA) is 86.8 Å². The standard InChI is InChI=1S/C29H40FN3O4S/c1-5-26(29(35)31-25-9-6-7-10-25)32(20-23-14-16-24(30)17-15-23)28(34)11-8-18-33(38(4,36)37)27-19-21(2)12-13-22(27)3/h12-17,19,25-26H,5-11,18,20H2,1-4H3,(H,31,35)/t26-/m0/s1. The van der Waals surface area contributed by atoms with Crippen molar-refractivity contribution in [1.82, 2.24) is 10.2 Å². The Hall–Kier alpha value is -2.94. The molecule has 208 valence electrons. The average molecular weight is 546 g/mol. The van der Waals surface area contributed by atoms with Crippen LogP contribution in [0.2, 0.25) is 0 Å². The molecule has 0 saturated heterocycles. The van der Waals surface area contributed by atoms with Crippen molar-refractivity contribution >= 4 is 27.5 Å². The predicted molar refractivity (Wildman–Crippen MR) is 149 cm³/mol. The molecule has 0 aliphatic heterocycles.